The third kappa shape index (κ3) is 6.44. The summed E-state index contributed by atoms with van der Waals surface area (Å²) in [6.07, 6.45) is 0.626. The molecule has 3 saturated heterocycles. The third-order valence-electron chi connectivity index (χ3n) is 7.58. The Labute approximate surface area is 222 Å². The van der Waals surface area contributed by atoms with Gasteiger partial charge in [-0.05, 0) is 63.9 Å². The first kappa shape index (κ1) is 28.3. The Bertz CT molecular complexity index is 1040. The molecule has 0 spiro atoms. The predicted octanol–water partition coefficient (Wildman–Crippen LogP) is 1.42. The van der Waals surface area contributed by atoms with Crippen molar-refractivity contribution >= 4 is 18.0 Å². The van der Waals surface area contributed by atoms with Crippen LogP contribution >= 0.6 is 0 Å². The van der Waals surface area contributed by atoms with E-state index in [1.165, 1.54) is 6.08 Å². The second-order valence-corrected chi connectivity index (χ2v) is 10.1. The van der Waals surface area contributed by atoms with Gasteiger partial charge in [0, 0.05) is 30.2 Å². The number of carbonyl (C=O) groups excluding carboxylic acids is 2. The maximum atomic E-state index is 12.4. The first-order valence-corrected chi connectivity index (χ1v) is 13.1. The second-order valence-electron chi connectivity index (χ2n) is 10.1. The number of esters is 2. The summed E-state index contributed by atoms with van der Waals surface area (Å²) in [5.41, 5.74) is 1.28. The number of hydrogen-bond acceptors (Lipinski definition) is 10. The van der Waals surface area contributed by atoms with Crippen LogP contribution in [0.15, 0.2) is 42.0 Å². The molecule has 10 heteroatoms. The van der Waals surface area contributed by atoms with Crippen LogP contribution in [0.2, 0.25) is 0 Å². The molecule has 0 amide bonds. The molecule has 0 aliphatic carbocycles. The zero-order valence-corrected chi connectivity index (χ0v) is 21.9. The fraction of sp³-hybridized carbons (Fsp3) is 0.571. The van der Waals surface area contributed by atoms with Gasteiger partial charge in [-0.2, -0.15) is 0 Å². The number of nitrogens with zero attached hydrogens (tertiary/aromatic N) is 1. The number of allylic oxidation sites excluding steroid dienone is 1. The van der Waals surface area contributed by atoms with Gasteiger partial charge in [-0.3, -0.25) is 4.90 Å². The number of ether oxygens (including phenoxy) is 4. The summed E-state index contributed by atoms with van der Waals surface area (Å²) in [7, 11) is 0. The van der Waals surface area contributed by atoms with Gasteiger partial charge in [0.15, 0.2) is 0 Å². The van der Waals surface area contributed by atoms with Crippen molar-refractivity contribution in [3.8, 4) is 5.75 Å². The molecule has 3 N–H and O–H groups in total. The number of rotatable bonds is 8. The van der Waals surface area contributed by atoms with Gasteiger partial charge in [0.05, 0.1) is 12.7 Å². The summed E-state index contributed by atoms with van der Waals surface area (Å²) in [5, 5.41) is 29.8. The van der Waals surface area contributed by atoms with Crippen molar-refractivity contribution in [2.24, 2.45) is 5.92 Å². The molecule has 3 heterocycles. The molecular weight excluding hydrogens is 494 g/mol. The summed E-state index contributed by atoms with van der Waals surface area (Å²) in [6, 6.07) is 6.96. The molecule has 8 unspecified atom stereocenters. The smallest absolute Gasteiger partial charge is 0.333 e. The van der Waals surface area contributed by atoms with Crippen LogP contribution in [0.1, 0.15) is 39.2 Å². The Balaban J connectivity index is 1.29. The minimum absolute atomic E-state index is 0.0698. The predicted molar refractivity (Wildman–Crippen MR) is 137 cm³/mol. The van der Waals surface area contributed by atoms with Crippen molar-refractivity contribution in [2.75, 3.05) is 19.7 Å². The molecule has 0 bridgehead atoms. The van der Waals surface area contributed by atoms with Gasteiger partial charge in [0.25, 0.3) is 0 Å². The van der Waals surface area contributed by atoms with E-state index in [2.05, 4.69) is 4.90 Å². The summed E-state index contributed by atoms with van der Waals surface area (Å²) in [4.78, 5) is 27.1. The Morgan fingerprint density at radius 1 is 1.13 bits per heavy atom. The topological polar surface area (TPSA) is 135 Å². The minimum atomic E-state index is -1.40. The SMILES string of the molecule is CC=C(C)C(=O)OC1CN2CCCC2C1COC(=O)C=Cc1ccc(OC2OC(C)C(O)C(O)C2O)cc1. The van der Waals surface area contributed by atoms with Crippen LogP contribution in [0.5, 0.6) is 5.75 Å². The molecule has 208 valence electrons. The zero-order chi connectivity index (χ0) is 27.4. The van der Waals surface area contributed by atoms with Gasteiger partial charge in [-0.15, -0.1) is 0 Å². The highest BCUT2D eigenvalue weighted by Crippen LogP contribution is 2.35. The third-order valence-corrected chi connectivity index (χ3v) is 7.58. The first-order valence-electron chi connectivity index (χ1n) is 13.1. The molecule has 10 nitrogen and oxygen atoms in total. The fourth-order valence-corrected chi connectivity index (χ4v) is 5.16. The largest absolute Gasteiger partial charge is 0.462 e. The Morgan fingerprint density at radius 3 is 2.58 bits per heavy atom. The number of aliphatic hydroxyl groups excluding tert-OH is 3. The van der Waals surface area contributed by atoms with Gasteiger partial charge in [0.2, 0.25) is 6.29 Å². The molecule has 0 radical (unpaired) electrons. The fourth-order valence-electron chi connectivity index (χ4n) is 5.16. The van der Waals surface area contributed by atoms with Gasteiger partial charge in [0.1, 0.15) is 30.2 Å². The van der Waals surface area contributed by atoms with Crippen molar-refractivity contribution in [1.82, 2.24) is 4.90 Å². The molecule has 1 aromatic rings. The summed E-state index contributed by atoms with van der Waals surface area (Å²) in [6.45, 7) is 6.88. The summed E-state index contributed by atoms with van der Waals surface area (Å²) in [5.74, 6) is -0.507. The minimum Gasteiger partial charge on any atom is -0.462 e. The van der Waals surface area contributed by atoms with Gasteiger partial charge in [-0.25, -0.2) is 9.59 Å². The number of fused-ring (bicyclic) bond motifs is 1. The first-order chi connectivity index (χ1) is 18.2. The van der Waals surface area contributed by atoms with Crippen molar-refractivity contribution in [3.63, 3.8) is 0 Å². The van der Waals surface area contributed by atoms with E-state index >= 15 is 0 Å². The molecule has 0 saturated carbocycles. The quantitative estimate of drug-likeness (QED) is 0.334. The van der Waals surface area contributed by atoms with Crippen molar-refractivity contribution in [3.05, 3.63) is 47.6 Å². The number of aliphatic hydroxyl groups is 3. The Hall–Kier alpha value is -2.76. The molecule has 38 heavy (non-hydrogen) atoms. The van der Waals surface area contributed by atoms with Crippen molar-refractivity contribution in [2.45, 2.75) is 76.5 Å². The van der Waals surface area contributed by atoms with E-state index in [4.69, 9.17) is 18.9 Å². The molecule has 3 aliphatic rings. The molecule has 3 aliphatic heterocycles. The van der Waals surface area contributed by atoms with E-state index in [9.17, 15) is 24.9 Å². The zero-order valence-electron chi connectivity index (χ0n) is 21.9. The number of carbonyl (C=O) groups is 2. The summed E-state index contributed by atoms with van der Waals surface area (Å²) < 4.78 is 22.4. The van der Waals surface area contributed by atoms with Crippen LogP contribution in [0, 0.1) is 5.92 Å². The lowest BCUT2D eigenvalue weighted by Crippen LogP contribution is -2.58. The van der Waals surface area contributed by atoms with Crippen LogP contribution < -0.4 is 4.74 Å². The molecule has 4 rings (SSSR count). The molecule has 0 aromatic heterocycles. The standard InChI is InChI=1S/C28H37NO9/c1-4-16(2)27(34)38-22-14-29-13-5-6-21(29)20(22)15-35-23(30)12-9-18-7-10-19(11-8-18)37-28-26(33)25(32)24(31)17(3)36-28/h4,7-12,17,20-22,24-26,28,31-33H,5-6,13-15H2,1-3H3. The van der Waals surface area contributed by atoms with Crippen LogP contribution in [0.4, 0.5) is 0 Å². The molecule has 1 aromatic carbocycles. The van der Waals surface area contributed by atoms with E-state index < -0.39 is 36.7 Å². The lowest BCUT2D eigenvalue weighted by Gasteiger charge is -2.38. The maximum Gasteiger partial charge on any atom is 0.333 e. The van der Waals surface area contributed by atoms with E-state index in [0.717, 1.165) is 24.9 Å². The monoisotopic (exact) mass is 531 g/mol. The Morgan fingerprint density at radius 2 is 1.87 bits per heavy atom. The van der Waals surface area contributed by atoms with Crippen LogP contribution in [0.3, 0.4) is 0 Å². The lowest BCUT2D eigenvalue weighted by molar-refractivity contribution is -0.268. The van der Waals surface area contributed by atoms with Crippen molar-refractivity contribution < 1.29 is 43.9 Å². The molecular formula is C28H37NO9. The number of benzene rings is 1. The van der Waals surface area contributed by atoms with E-state index in [1.54, 1.807) is 57.2 Å². The van der Waals surface area contributed by atoms with E-state index in [1.807, 2.05) is 0 Å². The maximum absolute atomic E-state index is 12.4. The van der Waals surface area contributed by atoms with Gasteiger partial charge >= 0.3 is 11.9 Å². The molecule has 3 fully saturated rings. The summed E-state index contributed by atoms with van der Waals surface area (Å²) >= 11 is 0. The number of hydrogen-bond donors (Lipinski definition) is 3. The normalized spacial score (nSPS) is 33.8. The highest BCUT2D eigenvalue weighted by atomic mass is 16.7. The van der Waals surface area contributed by atoms with Crippen LogP contribution in [-0.4, -0.2) is 94.7 Å². The van der Waals surface area contributed by atoms with Gasteiger partial charge in [-0.1, -0.05) is 18.2 Å². The van der Waals surface area contributed by atoms with Crippen LogP contribution in [0.25, 0.3) is 6.08 Å². The highest BCUT2D eigenvalue weighted by Gasteiger charge is 2.46. The highest BCUT2D eigenvalue weighted by molar-refractivity contribution is 5.88. The van der Waals surface area contributed by atoms with Gasteiger partial charge < -0.3 is 34.3 Å². The second kappa shape index (κ2) is 12.4. The van der Waals surface area contributed by atoms with E-state index in [-0.39, 0.29) is 30.6 Å². The van der Waals surface area contributed by atoms with E-state index in [0.29, 0.717) is 17.9 Å². The average molecular weight is 532 g/mol. The average Bonchev–Trinajstić information content (AvgIpc) is 3.49. The molecule has 8 atom stereocenters. The Kier molecular flexibility index (Phi) is 9.22. The lowest BCUT2D eigenvalue weighted by atomic mass is 9.97. The van der Waals surface area contributed by atoms with Crippen LogP contribution in [-0.2, 0) is 23.8 Å². The van der Waals surface area contributed by atoms with Crippen molar-refractivity contribution in [1.29, 1.82) is 0 Å².